The van der Waals surface area contributed by atoms with Crippen LogP contribution in [0.4, 0.5) is 26.8 Å². The second-order valence-corrected chi connectivity index (χ2v) is 11.2. The molecule has 3 aromatic rings. The Morgan fingerprint density at radius 1 is 1.15 bits per heavy atom. The van der Waals surface area contributed by atoms with E-state index in [1.165, 1.54) is 0 Å². The lowest BCUT2D eigenvalue weighted by molar-refractivity contribution is 0.00565. The van der Waals surface area contributed by atoms with Crippen molar-refractivity contribution < 1.29 is 19.1 Å². The molecule has 3 aromatic heterocycles. The van der Waals surface area contributed by atoms with Crippen molar-refractivity contribution in [3.05, 3.63) is 35.9 Å². The summed E-state index contributed by atoms with van der Waals surface area (Å²) in [7, 11) is 1.55. The molecule has 0 spiro atoms. The zero-order valence-electron chi connectivity index (χ0n) is 23.6. The molecule has 0 radical (unpaired) electrons. The molecule has 0 unspecified atom stereocenters. The van der Waals surface area contributed by atoms with Crippen LogP contribution in [-0.2, 0) is 11.2 Å². The molecule has 0 aromatic carbocycles. The number of aromatic nitrogens is 4. The highest BCUT2D eigenvalue weighted by atomic mass is 16.6. The third kappa shape index (κ3) is 5.15. The Labute approximate surface area is 227 Å². The number of anilines is 3. The smallest absolute Gasteiger partial charge is 0.410 e. The summed E-state index contributed by atoms with van der Waals surface area (Å²) < 4.78 is 12.8. The van der Waals surface area contributed by atoms with Gasteiger partial charge in [-0.1, -0.05) is 0 Å². The minimum Gasteiger partial charge on any atom is -0.493 e. The lowest BCUT2D eigenvalue weighted by atomic mass is 10.1. The standard InChI is InChI=1S/C27H36N8O4/c1-16-13-32(14-17(2)35(16)26(37)39-27(4,5)6)21-8-10-28-24-19(21)9-11-33(24)25(36)30-20-12-23-29-18(3)31-34(23)15-22(20)38-7/h8,10,12,15-17H,9,11,13-14H2,1-7H3,(H,30,36)/t16-,17+. The molecule has 5 heterocycles. The van der Waals surface area contributed by atoms with E-state index >= 15 is 0 Å². The van der Waals surface area contributed by atoms with Gasteiger partial charge in [-0.25, -0.2) is 24.1 Å². The second kappa shape index (κ2) is 9.90. The van der Waals surface area contributed by atoms with Crippen molar-refractivity contribution in [3.63, 3.8) is 0 Å². The zero-order valence-corrected chi connectivity index (χ0v) is 23.6. The minimum atomic E-state index is -0.548. The van der Waals surface area contributed by atoms with E-state index in [0.29, 0.717) is 54.8 Å². The van der Waals surface area contributed by atoms with Gasteiger partial charge in [0.2, 0.25) is 0 Å². The van der Waals surface area contributed by atoms with Gasteiger partial charge < -0.3 is 19.7 Å². The number of carbonyl (C=O) groups excluding carboxylic acids is 2. The molecule has 12 nitrogen and oxygen atoms in total. The maximum atomic E-state index is 13.4. The first-order valence-corrected chi connectivity index (χ1v) is 13.2. The Morgan fingerprint density at radius 2 is 1.87 bits per heavy atom. The number of ether oxygens (including phenoxy) is 2. The van der Waals surface area contributed by atoms with E-state index in [2.05, 4.69) is 25.3 Å². The van der Waals surface area contributed by atoms with Crippen LogP contribution in [0.1, 0.15) is 46.0 Å². The first-order valence-electron chi connectivity index (χ1n) is 13.2. The normalized spacial score (nSPS) is 19.3. The van der Waals surface area contributed by atoms with Crippen molar-refractivity contribution in [2.24, 2.45) is 0 Å². The van der Waals surface area contributed by atoms with Gasteiger partial charge in [0.05, 0.1) is 31.1 Å². The molecule has 12 heteroatoms. The first kappa shape index (κ1) is 26.5. The van der Waals surface area contributed by atoms with Crippen molar-refractivity contribution in [1.82, 2.24) is 24.5 Å². The molecule has 1 N–H and O–H groups in total. The number of amides is 3. The molecule has 3 amide bonds. The second-order valence-electron chi connectivity index (χ2n) is 11.2. The van der Waals surface area contributed by atoms with Crippen molar-refractivity contribution in [2.75, 3.05) is 41.9 Å². The molecule has 0 bridgehead atoms. The Kier molecular flexibility index (Phi) is 6.73. The summed E-state index contributed by atoms with van der Waals surface area (Å²) in [6.45, 7) is 13.3. The van der Waals surface area contributed by atoms with E-state index in [9.17, 15) is 9.59 Å². The molecule has 2 atom stereocenters. The average Bonchev–Trinajstić information content (AvgIpc) is 3.44. The fourth-order valence-corrected chi connectivity index (χ4v) is 5.43. The largest absolute Gasteiger partial charge is 0.493 e. The predicted octanol–water partition coefficient (Wildman–Crippen LogP) is 3.87. The Balaban J connectivity index is 1.34. The lowest BCUT2D eigenvalue weighted by Gasteiger charge is -2.45. The number of nitrogens with one attached hydrogen (secondary N) is 1. The topological polar surface area (TPSA) is 117 Å². The van der Waals surface area contributed by atoms with E-state index in [1.807, 2.05) is 45.6 Å². The quantitative estimate of drug-likeness (QED) is 0.536. The fourth-order valence-electron chi connectivity index (χ4n) is 5.43. The third-order valence-corrected chi connectivity index (χ3v) is 6.96. The number of piperazine rings is 1. The zero-order chi connectivity index (χ0) is 28.1. The number of aryl methyl sites for hydroxylation is 1. The summed E-state index contributed by atoms with van der Waals surface area (Å²) in [6, 6.07) is 3.35. The van der Waals surface area contributed by atoms with Crippen LogP contribution in [0.2, 0.25) is 0 Å². The van der Waals surface area contributed by atoms with Crippen LogP contribution in [-0.4, -0.2) is 81.0 Å². The van der Waals surface area contributed by atoms with Crippen molar-refractivity contribution in [2.45, 2.75) is 65.6 Å². The Morgan fingerprint density at radius 3 is 2.54 bits per heavy atom. The maximum absolute atomic E-state index is 13.4. The van der Waals surface area contributed by atoms with Crippen LogP contribution >= 0.6 is 0 Å². The molecule has 2 aliphatic rings. The number of carbonyl (C=O) groups is 2. The summed E-state index contributed by atoms with van der Waals surface area (Å²) in [4.78, 5) is 41.0. The predicted molar refractivity (Wildman–Crippen MR) is 148 cm³/mol. The van der Waals surface area contributed by atoms with E-state index in [4.69, 9.17) is 9.47 Å². The van der Waals surface area contributed by atoms with E-state index in [1.54, 1.807) is 41.9 Å². The highest BCUT2D eigenvalue weighted by Gasteiger charge is 2.38. The van der Waals surface area contributed by atoms with E-state index in [-0.39, 0.29) is 24.2 Å². The van der Waals surface area contributed by atoms with Crippen LogP contribution in [0.25, 0.3) is 5.65 Å². The number of hydrogen-bond donors (Lipinski definition) is 1. The van der Waals surface area contributed by atoms with Gasteiger partial charge in [-0.15, -0.1) is 0 Å². The van der Waals surface area contributed by atoms with E-state index < -0.39 is 5.60 Å². The highest BCUT2D eigenvalue weighted by molar-refractivity contribution is 6.04. The summed E-state index contributed by atoms with van der Waals surface area (Å²) in [5.41, 5.74) is 2.63. The number of urea groups is 1. The molecule has 0 saturated carbocycles. The van der Waals surface area contributed by atoms with Crippen molar-refractivity contribution in [1.29, 1.82) is 0 Å². The molecule has 39 heavy (non-hydrogen) atoms. The molecule has 5 rings (SSSR count). The minimum absolute atomic E-state index is 0.0450. The molecule has 208 valence electrons. The Bertz CT molecular complexity index is 1400. The number of pyridine rings is 2. The van der Waals surface area contributed by atoms with Crippen LogP contribution in [0.3, 0.4) is 0 Å². The summed E-state index contributed by atoms with van der Waals surface area (Å²) >= 11 is 0. The average molecular weight is 537 g/mol. The van der Waals surface area contributed by atoms with Crippen molar-refractivity contribution >= 4 is 35.0 Å². The molecule has 1 fully saturated rings. The maximum Gasteiger partial charge on any atom is 0.410 e. The van der Waals surface area contributed by atoms with Gasteiger partial charge in [-0.3, -0.25) is 9.80 Å². The van der Waals surface area contributed by atoms with Crippen molar-refractivity contribution in [3.8, 4) is 5.75 Å². The highest BCUT2D eigenvalue weighted by Crippen LogP contribution is 2.36. The first-order chi connectivity index (χ1) is 18.4. The van der Waals surface area contributed by atoms with E-state index in [0.717, 1.165) is 11.3 Å². The van der Waals surface area contributed by atoms with Gasteiger partial charge in [0.15, 0.2) is 11.4 Å². The summed E-state index contributed by atoms with van der Waals surface area (Å²) in [5.74, 6) is 1.74. The summed E-state index contributed by atoms with van der Waals surface area (Å²) in [5, 5.41) is 7.27. The Hall–Kier alpha value is -4.09. The monoisotopic (exact) mass is 536 g/mol. The SMILES string of the molecule is COc1cn2nc(C)nc2cc1NC(=O)N1CCc2c(N3C[C@@H](C)N(C(=O)OC(C)(C)C)[C@@H](C)C3)ccnc21. The van der Waals surface area contributed by atoms with Gasteiger partial charge in [0, 0.05) is 43.1 Å². The van der Waals surface area contributed by atoms with Gasteiger partial charge in [-0.05, 0) is 54.0 Å². The molecular formula is C27H36N8O4. The lowest BCUT2D eigenvalue weighted by Crippen LogP contribution is -2.59. The van der Waals surface area contributed by atoms with Crippen LogP contribution in [0.5, 0.6) is 5.75 Å². The molecular weight excluding hydrogens is 500 g/mol. The van der Waals surface area contributed by atoms with Gasteiger partial charge >= 0.3 is 12.1 Å². The molecule has 1 saturated heterocycles. The van der Waals surface area contributed by atoms with Crippen LogP contribution in [0.15, 0.2) is 24.5 Å². The van der Waals surface area contributed by atoms with Crippen LogP contribution < -0.4 is 19.9 Å². The van der Waals surface area contributed by atoms with Gasteiger partial charge in [-0.2, -0.15) is 5.10 Å². The molecule has 2 aliphatic heterocycles. The van der Waals surface area contributed by atoms with Gasteiger partial charge in [0.1, 0.15) is 17.2 Å². The third-order valence-electron chi connectivity index (χ3n) is 6.96. The number of fused-ring (bicyclic) bond motifs is 2. The molecule has 0 aliphatic carbocycles. The number of nitrogens with zero attached hydrogens (tertiary/aromatic N) is 7. The summed E-state index contributed by atoms with van der Waals surface area (Å²) in [6.07, 6.45) is 3.82. The number of methoxy groups -OCH3 is 1. The fraction of sp³-hybridized carbons (Fsp3) is 0.519. The number of rotatable bonds is 3. The van der Waals surface area contributed by atoms with Gasteiger partial charge in [0.25, 0.3) is 0 Å². The number of hydrogen-bond acceptors (Lipinski definition) is 8. The van der Waals surface area contributed by atoms with Crippen LogP contribution in [0, 0.1) is 6.92 Å².